The number of hydrogen-bond acceptors (Lipinski definition) is 6. The van der Waals surface area contributed by atoms with Gasteiger partial charge in [0.25, 0.3) is 5.56 Å². The molecule has 1 unspecified atom stereocenters. The molecule has 1 aromatic carbocycles. The Kier molecular flexibility index (Phi) is 4.18. The number of carboxylic acids is 1. The summed E-state index contributed by atoms with van der Waals surface area (Å²) in [6.45, 7) is 2.35. The summed E-state index contributed by atoms with van der Waals surface area (Å²) in [5.74, 6) is -0.868. The molecule has 2 aromatic rings. The van der Waals surface area contributed by atoms with Crippen molar-refractivity contribution >= 4 is 17.7 Å². The van der Waals surface area contributed by atoms with E-state index in [2.05, 4.69) is 15.3 Å². The normalized spacial score (nSPS) is 19.3. The van der Waals surface area contributed by atoms with Crippen LogP contribution in [0.1, 0.15) is 17.0 Å². The highest BCUT2D eigenvalue weighted by Gasteiger charge is 2.29. The molecule has 1 aromatic heterocycles. The minimum atomic E-state index is -1.09. The zero-order chi connectivity index (χ0) is 18.1. The lowest BCUT2D eigenvalue weighted by Crippen LogP contribution is -2.39. The van der Waals surface area contributed by atoms with Gasteiger partial charge in [-0.3, -0.25) is 9.78 Å². The van der Waals surface area contributed by atoms with E-state index in [1.54, 1.807) is 6.08 Å². The zero-order valence-corrected chi connectivity index (χ0v) is 13.9. The van der Waals surface area contributed by atoms with Crippen LogP contribution in [0.15, 0.2) is 46.9 Å². The summed E-state index contributed by atoms with van der Waals surface area (Å²) in [6.07, 6.45) is 1.55. The molecule has 0 aliphatic carbocycles. The first-order chi connectivity index (χ1) is 12.6. The Morgan fingerprint density at radius 2 is 1.96 bits per heavy atom. The Hall–Kier alpha value is -3.13. The van der Waals surface area contributed by atoms with Crippen molar-refractivity contribution < 1.29 is 14.6 Å². The lowest BCUT2D eigenvalue weighted by molar-refractivity contribution is -0.132. The van der Waals surface area contributed by atoms with E-state index in [0.29, 0.717) is 37.8 Å². The minimum Gasteiger partial charge on any atom is -0.477 e. The van der Waals surface area contributed by atoms with E-state index in [0.717, 1.165) is 5.56 Å². The number of nitrogens with one attached hydrogen (secondary N) is 2. The smallest absolute Gasteiger partial charge is 0.352 e. The minimum absolute atomic E-state index is 0.0115. The van der Waals surface area contributed by atoms with Gasteiger partial charge in [0.2, 0.25) is 5.95 Å². The lowest BCUT2D eigenvalue weighted by Gasteiger charge is -2.29. The number of anilines is 2. The number of ether oxygens (including phenoxy) is 1. The van der Waals surface area contributed by atoms with E-state index >= 15 is 0 Å². The number of rotatable bonds is 3. The third kappa shape index (κ3) is 2.95. The summed E-state index contributed by atoms with van der Waals surface area (Å²) in [4.78, 5) is 33.6. The number of allylic oxidation sites excluding steroid dienone is 1. The van der Waals surface area contributed by atoms with Gasteiger partial charge in [-0.15, -0.1) is 0 Å². The molecule has 2 aliphatic rings. The predicted molar refractivity (Wildman–Crippen MR) is 95.5 cm³/mol. The molecule has 1 fully saturated rings. The monoisotopic (exact) mass is 354 g/mol. The summed E-state index contributed by atoms with van der Waals surface area (Å²) in [5, 5.41) is 12.2. The molecule has 1 saturated heterocycles. The fraction of sp³-hybridized carbons (Fsp3) is 0.278. The highest BCUT2D eigenvalue weighted by molar-refractivity contribution is 5.91. The average Bonchev–Trinajstić information content (AvgIpc) is 2.68. The van der Waals surface area contributed by atoms with Crippen LogP contribution in [-0.4, -0.2) is 47.3 Å². The number of carbonyl (C=O) groups is 1. The van der Waals surface area contributed by atoms with Gasteiger partial charge in [-0.25, -0.2) is 4.79 Å². The van der Waals surface area contributed by atoms with Gasteiger partial charge in [-0.1, -0.05) is 30.3 Å². The maximum Gasteiger partial charge on any atom is 0.352 e. The Morgan fingerprint density at radius 3 is 2.65 bits per heavy atom. The van der Waals surface area contributed by atoms with Crippen LogP contribution in [0.3, 0.4) is 0 Å². The van der Waals surface area contributed by atoms with E-state index in [9.17, 15) is 14.7 Å². The van der Waals surface area contributed by atoms with Gasteiger partial charge in [-0.2, -0.15) is 4.98 Å². The number of aromatic nitrogens is 2. The van der Waals surface area contributed by atoms with Crippen LogP contribution in [0, 0.1) is 0 Å². The number of carboxylic acid groups (broad SMARTS) is 1. The van der Waals surface area contributed by atoms with Crippen molar-refractivity contribution in [1.29, 1.82) is 0 Å². The summed E-state index contributed by atoms with van der Waals surface area (Å²) >= 11 is 0. The zero-order valence-electron chi connectivity index (χ0n) is 13.9. The third-order valence-corrected chi connectivity index (χ3v) is 4.54. The van der Waals surface area contributed by atoms with Gasteiger partial charge in [0.1, 0.15) is 11.5 Å². The number of aromatic amines is 1. The second-order valence-corrected chi connectivity index (χ2v) is 6.15. The van der Waals surface area contributed by atoms with Crippen LogP contribution in [0.5, 0.6) is 0 Å². The molecule has 8 nitrogen and oxygen atoms in total. The second-order valence-electron chi connectivity index (χ2n) is 6.15. The highest BCUT2D eigenvalue weighted by atomic mass is 16.5. The molecule has 3 heterocycles. The molecule has 2 aliphatic heterocycles. The average molecular weight is 354 g/mol. The Labute approximate surface area is 149 Å². The molecule has 0 spiro atoms. The van der Waals surface area contributed by atoms with Crippen molar-refractivity contribution in [1.82, 2.24) is 9.97 Å². The molecule has 1 atom stereocenters. The summed E-state index contributed by atoms with van der Waals surface area (Å²) in [7, 11) is 0. The Balaban J connectivity index is 1.82. The number of hydrogen-bond donors (Lipinski definition) is 3. The SMILES string of the molecule is O=C(O)C1=CC(c2ccccc2)c2c(nc(N3CCOCC3)[nH]c2=O)N1. The molecule has 8 heteroatoms. The van der Waals surface area contributed by atoms with Gasteiger partial charge in [0.15, 0.2) is 0 Å². The van der Waals surface area contributed by atoms with E-state index in [1.165, 1.54) is 0 Å². The number of benzene rings is 1. The van der Waals surface area contributed by atoms with Crippen molar-refractivity contribution in [3.05, 3.63) is 63.6 Å². The maximum absolute atomic E-state index is 12.8. The van der Waals surface area contributed by atoms with Gasteiger partial charge in [0, 0.05) is 19.0 Å². The lowest BCUT2D eigenvalue weighted by atomic mass is 9.89. The van der Waals surface area contributed by atoms with Gasteiger partial charge < -0.3 is 20.1 Å². The van der Waals surface area contributed by atoms with Crippen LogP contribution in [0.4, 0.5) is 11.8 Å². The highest BCUT2D eigenvalue weighted by Crippen LogP contribution is 2.34. The number of morpholine rings is 1. The van der Waals surface area contributed by atoms with Gasteiger partial charge in [0.05, 0.1) is 18.8 Å². The molecular formula is C18H18N4O4. The molecule has 0 radical (unpaired) electrons. The molecule has 26 heavy (non-hydrogen) atoms. The van der Waals surface area contributed by atoms with Crippen molar-refractivity contribution in [2.24, 2.45) is 0 Å². The molecule has 134 valence electrons. The first kappa shape index (κ1) is 16.3. The number of nitrogens with zero attached hydrogens (tertiary/aromatic N) is 2. The number of aliphatic carboxylic acids is 1. The van der Waals surface area contributed by atoms with Crippen molar-refractivity contribution in [2.45, 2.75) is 5.92 Å². The Morgan fingerprint density at radius 1 is 1.23 bits per heavy atom. The quantitative estimate of drug-likeness (QED) is 0.758. The van der Waals surface area contributed by atoms with Crippen molar-refractivity contribution in [3.63, 3.8) is 0 Å². The fourth-order valence-electron chi connectivity index (χ4n) is 3.25. The Bertz CT molecular complexity index is 917. The first-order valence-corrected chi connectivity index (χ1v) is 8.37. The number of H-pyrrole nitrogens is 1. The molecular weight excluding hydrogens is 336 g/mol. The summed E-state index contributed by atoms with van der Waals surface area (Å²) in [5.41, 5.74) is 0.981. The van der Waals surface area contributed by atoms with Gasteiger partial charge in [-0.05, 0) is 11.6 Å². The molecule has 4 rings (SSSR count). The van der Waals surface area contributed by atoms with Crippen LogP contribution in [-0.2, 0) is 9.53 Å². The maximum atomic E-state index is 12.8. The van der Waals surface area contributed by atoms with E-state index in [4.69, 9.17) is 4.74 Å². The van der Waals surface area contributed by atoms with Crippen molar-refractivity contribution in [3.8, 4) is 0 Å². The van der Waals surface area contributed by atoms with E-state index in [1.807, 2.05) is 35.2 Å². The largest absolute Gasteiger partial charge is 0.477 e. The van der Waals surface area contributed by atoms with Crippen LogP contribution < -0.4 is 15.8 Å². The summed E-state index contributed by atoms with van der Waals surface area (Å²) in [6, 6.07) is 9.32. The number of fused-ring (bicyclic) bond motifs is 1. The third-order valence-electron chi connectivity index (χ3n) is 4.54. The van der Waals surface area contributed by atoms with Crippen molar-refractivity contribution in [2.75, 3.05) is 36.5 Å². The van der Waals surface area contributed by atoms with Gasteiger partial charge >= 0.3 is 5.97 Å². The molecule has 0 saturated carbocycles. The van der Waals surface area contributed by atoms with Crippen LogP contribution in [0.2, 0.25) is 0 Å². The fourth-order valence-corrected chi connectivity index (χ4v) is 3.25. The molecule has 0 bridgehead atoms. The van der Waals surface area contributed by atoms with E-state index < -0.39 is 11.9 Å². The molecule has 3 N–H and O–H groups in total. The van der Waals surface area contributed by atoms with E-state index in [-0.39, 0.29) is 17.1 Å². The van der Waals surface area contributed by atoms with Crippen LogP contribution in [0.25, 0.3) is 0 Å². The molecule has 0 amide bonds. The topological polar surface area (TPSA) is 108 Å². The summed E-state index contributed by atoms with van der Waals surface area (Å²) < 4.78 is 5.32. The standard InChI is InChI=1S/C18H18N4O4/c23-16-14-12(11-4-2-1-3-5-11)10-13(17(24)25)19-15(14)20-18(21-16)22-6-8-26-9-7-22/h1-5,10,12H,6-9H2,(H,24,25)(H2,19,20,21,23). The first-order valence-electron chi connectivity index (χ1n) is 8.37. The second kappa shape index (κ2) is 6.64. The predicted octanol–water partition coefficient (Wildman–Crippen LogP) is 1.13. The van der Waals surface area contributed by atoms with Crippen LogP contribution >= 0.6 is 0 Å².